The summed E-state index contributed by atoms with van der Waals surface area (Å²) in [4.78, 5) is 59.4. The lowest BCUT2D eigenvalue weighted by Crippen LogP contribution is -2.60. The number of rotatable bonds is 11. The van der Waals surface area contributed by atoms with Gasteiger partial charge >= 0.3 is 0 Å². The fraction of sp³-hybridized carbons (Fsp3) is 0.429. The van der Waals surface area contributed by atoms with E-state index in [0.717, 1.165) is 32.5 Å². The molecule has 4 atom stereocenters. The minimum atomic E-state index is -0.858. The molecule has 0 aliphatic carbocycles. The number of nitrogens with one attached hydrogen (secondary N) is 3. The van der Waals surface area contributed by atoms with Crippen LogP contribution >= 0.6 is 11.3 Å². The van der Waals surface area contributed by atoms with Crippen molar-refractivity contribution in [1.82, 2.24) is 30.9 Å². The Morgan fingerprint density at radius 2 is 1.89 bits per heavy atom. The molecule has 0 radical (unpaired) electrons. The summed E-state index contributed by atoms with van der Waals surface area (Å²) in [5.74, 6) is -1.26. The topological polar surface area (TPSA) is 140 Å². The maximum absolute atomic E-state index is 14.3. The van der Waals surface area contributed by atoms with Crippen LogP contribution in [0.15, 0.2) is 54.0 Å². The van der Waals surface area contributed by atoms with Crippen LogP contribution in [0.5, 0.6) is 0 Å². The zero-order valence-corrected chi connectivity index (χ0v) is 28.0. The first-order valence-corrected chi connectivity index (χ1v) is 17.2. The largest absolute Gasteiger partial charge is 0.348 e. The number of thiophene rings is 1. The number of aryl methyl sites for hydroxylation is 1. The number of H-pyrrole nitrogens is 1. The fourth-order valence-corrected chi connectivity index (χ4v) is 7.87. The van der Waals surface area contributed by atoms with Crippen molar-refractivity contribution in [3.8, 4) is 0 Å². The van der Waals surface area contributed by atoms with Crippen LogP contribution in [0.4, 0.5) is 5.69 Å². The van der Waals surface area contributed by atoms with Crippen LogP contribution in [-0.4, -0.2) is 68.1 Å². The maximum atomic E-state index is 14.3. The Balaban J connectivity index is 1.24. The number of benzene rings is 2. The van der Waals surface area contributed by atoms with Crippen molar-refractivity contribution in [3.63, 3.8) is 0 Å². The van der Waals surface area contributed by atoms with Gasteiger partial charge in [-0.25, -0.2) is 0 Å². The summed E-state index contributed by atoms with van der Waals surface area (Å²) >= 11 is 1.60. The Kier molecular flexibility index (Phi) is 9.40. The molecule has 0 spiro atoms. The van der Waals surface area contributed by atoms with E-state index in [1.807, 2.05) is 75.5 Å². The Bertz CT molecular complexity index is 1790. The van der Waals surface area contributed by atoms with Crippen LogP contribution in [0.3, 0.4) is 0 Å². The van der Waals surface area contributed by atoms with Gasteiger partial charge in [0.15, 0.2) is 0 Å². The van der Waals surface area contributed by atoms with E-state index in [9.17, 15) is 19.2 Å². The average molecular weight is 656 g/mol. The van der Waals surface area contributed by atoms with Crippen molar-refractivity contribution in [1.29, 1.82) is 0 Å². The number of hydrogen-bond donors (Lipinski definition) is 3. The summed E-state index contributed by atoms with van der Waals surface area (Å²) in [5, 5.41) is 19.3. The molecule has 0 saturated carbocycles. The molecule has 0 fully saturated rings. The van der Waals surface area contributed by atoms with E-state index in [4.69, 9.17) is 0 Å². The second-order valence-corrected chi connectivity index (χ2v) is 13.7. The Hall–Kier alpha value is -4.58. The van der Waals surface area contributed by atoms with E-state index < -0.39 is 18.1 Å². The molecule has 2 aromatic heterocycles. The quantitative estimate of drug-likeness (QED) is 0.224. The van der Waals surface area contributed by atoms with Crippen LogP contribution in [0, 0.1) is 5.92 Å². The summed E-state index contributed by atoms with van der Waals surface area (Å²) in [6.45, 7) is 8.00. The summed E-state index contributed by atoms with van der Waals surface area (Å²) in [7, 11) is 0. The lowest BCUT2D eigenvalue weighted by Gasteiger charge is -2.38. The fourth-order valence-electron chi connectivity index (χ4n) is 6.91. The molecule has 3 N–H and O–H groups in total. The number of para-hydroxylation sites is 1. The van der Waals surface area contributed by atoms with Gasteiger partial charge in [-0.15, -0.1) is 16.4 Å². The molecular weight excluding hydrogens is 614 g/mol. The summed E-state index contributed by atoms with van der Waals surface area (Å²) < 4.78 is 1.12. The van der Waals surface area contributed by atoms with Gasteiger partial charge in [-0.3, -0.25) is 29.2 Å². The molecule has 12 heteroatoms. The zero-order chi connectivity index (χ0) is 33.2. The van der Waals surface area contributed by atoms with Gasteiger partial charge < -0.3 is 15.5 Å². The van der Waals surface area contributed by atoms with Gasteiger partial charge in [0, 0.05) is 23.4 Å². The molecule has 0 saturated heterocycles. The monoisotopic (exact) mass is 655 g/mol. The maximum Gasteiger partial charge on any atom is 0.250 e. The highest BCUT2D eigenvalue weighted by molar-refractivity contribution is 7.17. The second-order valence-electron chi connectivity index (χ2n) is 12.8. The predicted molar refractivity (Wildman–Crippen MR) is 181 cm³/mol. The third kappa shape index (κ3) is 6.38. The Labute approximate surface area is 278 Å². The SMILES string of the molecule is CC[C@H](C)[C@@H](C(=O)N[C@H]1CCc2cccc3c2N(C1=O)[C@H](C(=O)NCc1c[nH]nn1)C3)N(C(=O)Cc1csc2ccccc12)C(C)C. The smallest absolute Gasteiger partial charge is 0.250 e. The standard InChI is InChI=1S/C35H41N7O4S/c1-5-21(4)31(41(20(2)3)30(43)16-24-19-47-29-12-7-6-11-26(24)29)34(45)38-27-14-13-22-9-8-10-23-15-28(42(32(22)23)35(27)46)33(44)36-17-25-18-37-40-39-25/h6-12,18-21,27-28,31H,5,13-17H2,1-4H3,(H,36,44)(H,38,45)(H,37,39,40)/t21-,27-,28-,31-/m0/s1. The van der Waals surface area contributed by atoms with Crippen molar-refractivity contribution < 1.29 is 19.2 Å². The van der Waals surface area contributed by atoms with Gasteiger partial charge in [0.2, 0.25) is 23.6 Å². The van der Waals surface area contributed by atoms with Crippen LogP contribution < -0.4 is 15.5 Å². The number of fused-ring (bicyclic) bond motifs is 1. The van der Waals surface area contributed by atoms with Crippen molar-refractivity contribution in [2.75, 3.05) is 4.90 Å². The Morgan fingerprint density at radius 3 is 2.64 bits per heavy atom. The van der Waals surface area contributed by atoms with Gasteiger partial charge in [-0.1, -0.05) is 61.9 Å². The van der Waals surface area contributed by atoms with Crippen LogP contribution in [0.2, 0.25) is 0 Å². The zero-order valence-electron chi connectivity index (χ0n) is 27.2. The van der Waals surface area contributed by atoms with E-state index in [1.54, 1.807) is 27.3 Å². The number of aromatic nitrogens is 3. The van der Waals surface area contributed by atoms with Gasteiger partial charge in [0.25, 0.3) is 0 Å². The number of carbonyl (C=O) groups excluding carboxylic acids is 4. The van der Waals surface area contributed by atoms with Crippen molar-refractivity contribution in [3.05, 3.63) is 76.4 Å². The van der Waals surface area contributed by atoms with Crippen LogP contribution in [-0.2, 0) is 45.0 Å². The van der Waals surface area contributed by atoms with E-state index in [-0.39, 0.29) is 48.6 Å². The molecular formula is C35H41N7O4S. The number of aromatic amines is 1. The number of anilines is 1. The summed E-state index contributed by atoms with van der Waals surface area (Å²) in [5.41, 5.74) is 4.18. The van der Waals surface area contributed by atoms with Crippen molar-refractivity contribution in [2.24, 2.45) is 5.92 Å². The molecule has 0 unspecified atom stereocenters. The van der Waals surface area contributed by atoms with E-state index in [2.05, 4.69) is 26.0 Å². The number of nitrogens with zero attached hydrogens (tertiary/aromatic N) is 4. The highest BCUT2D eigenvalue weighted by atomic mass is 32.1. The first kappa shape index (κ1) is 32.4. The molecule has 2 aliphatic rings. The average Bonchev–Trinajstić information content (AvgIpc) is 3.81. The number of hydrogen-bond acceptors (Lipinski definition) is 7. The van der Waals surface area contributed by atoms with Gasteiger partial charge in [0.05, 0.1) is 18.7 Å². The summed E-state index contributed by atoms with van der Waals surface area (Å²) in [6, 6.07) is 11.3. The molecule has 2 aromatic carbocycles. The van der Waals surface area contributed by atoms with E-state index in [1.165, 1.54) is 0 Å². The first-order valence-electron chi connectivity index (χ1n) is 16.3. The third-order valence-corrected chi connectivity index (χ3v) is 10.4. The number of carbonyl (C=O) groups is 4. The minimum Gasteiger partial charge on any atom is -0.348 e. The summed E-state index contributed by atoms with van der Waals surface area (Å²) in [6.07, 6.45) is 3.78. The molecule has 6 rings (SSSR count). The Morgan fingerprint density at radius 1 is 1.11 bits per heavy atom. The molecule has 4 heterocycles. The lowest BCUT2D eigenvalue weighted by molar-refractivity contribution is -0.145. The van der Waals surface area contributed by atoms with Gasteiger partial charge in [-0.05, 0) is 66.1 Å². The van der Waals surface area contributed by atoms with E-state index in [0.29, 0.717) is 31.4 Å². The highest BCUT2D eigenvalue weighted by Gasteiger charge is 2.45. The van der Waals surface area contributed by atoms with Crippen molar-refractivity contribution in [2.45, 2.75) is 90.5 Å². The van der Waals surface area contributed by atoms with Gasteiger partial charge in [-0.2, -0.15) is 0 Å². The normalized spacial score (nSPS) is 18.5. The van der Waals surface area contributed by atoms with Crippen molar-refractivity contribution >= 4 is 50.7 Å². The van der Waals surface area contributed by atoms with E-state index >= 15 is 0 Å². The first-order chi connectivity index (χ1) is 22.7. The molecule has 4 amide bonds. The number of amides is 4. The molecule has 2 aliphatic heterocycles. The predicted octanol–water partition coefficient (Wildman–Crippen LogP) is 3.92. The van der Waals surface area contributed by atoms with Gasteiger partial charge in [0.1, 0.15) is 23.8 Å². The molecule has 11 nitrogen and oxygen atoms in total. The molecule has 47 heavy (non-hydrogen) atoms. The lowest BCUT2D eigenvalue weighted by atomic mass is 9.94. The van der Waals surface area contributed by atoms with Crippen LogP contribution in [0.1, 0.15) is 62.9 Å². The van der Waals surface area contributed by atoms with Crippen LogP contribution in [0.25, 0.3) is 10.1 Å². The highest BCUT2D eigenvalue weighted by Crippen LogP contribution is 2.39. The third-order valence-electron chi connectivity index (χ3n) is 9.44. The molecule has 246 valence electrons. The second kappa shape index (κ2) is 13.6. The minimum absolute atomic E-state index is 0.128. The molecule has 4 aromatic rings. The molecule has 0 bridgehead atoms.